The van der Waals surface area contributed by atoms with E-state index < -0.39 is 0 Å². The standard InChI is InChI=1S/C9H14INO/c1-2-9(12)11-5-3-4-8(6-10)7-11/h2,8H,1,3-7H2. The molecule has 0 aromatic rings. The molecule has 0 N–H and O–H groups in total. The Kier molecular flexibility index (Phi) is 4.05. The van der Waals surface area contributed by atoms with Crippen LogP contribution in [0.5, 0.6) is 0 Å². The fourth-order valence-electron chi connectivity index (χ4n) is 1.52. The number of hydrogen-bond donors (Lipinski definition) is 0. The van der Waals surface area contributed by atoms with Gasteiger partial charge in [0.05, 0.1) is 0 Å². The van der Waals surface area contributed by atoms with Gasteiger partial charge in [0, 0.05) is 17.5 Å². The number of amides is 1. The number of piperidine rings is 1. The number of likely N-dealkylation sites (tertiary alicyclic amines) is 1. The molecular formula is C9H14INO. The SMILES string of the molecule is C=CC(=O)N1CCCC(CI)C1. The van der Waals surface area contributed by atoms with E-state index in [1.807, 2.05) is 4.90 Å². The molecule has 1 heterocycles. The smallest absolute Gasteiger partial charge is 0.245 e. The van der Waals surface area contributed by atoms with E-state index in [1.54, 1.807) is 0 Å². The van der Waals surface area contributed by atoms with Gasteiger partial charge in [0.1, 0.15) is 0 Å². The molecule has 3 heteroatoms. The molecule has 68 valence electrons. The summed E-state index contributed by atoms with van der Waals surface area (Å²) in [5.74, 6) is 0.785. The van der Waals surface area contributed by atoms with Crippen molar-refractivity contribution in [2.24, 2.45) is 5.92 Å². The van der Waals surface area contributed by atoms with Gasteiger partial charge >= 0.3 is 0 Å². The zero-order valence-electron chi connectivity index (χ0n) is 7.13. The van der Waals surface area contributed by atoms with E-state index >= 15 is 0 Å². The third-order valence-corrected chi connectivity index (χ3v) is 3.47. The lowest BCUT2D eigenvalue weighted by molar-refractivity contribution is -0.127. The first kappa shape index (κ1) is 10.0. The zero-order valence-corrected chi connectivity index (χ0v) is 9.29. The predicted octanol–water partition coefficient (Wildman–Crippen LogP) is 1.85. The first-order valence-electron chi connectivity index (χ1n) is 4.25. The second kappa shape index (κ2) is 4.84. The highest BCUT2D eigenvalue weighted by atomic mass is 127. The molecule has 0 aromatic heterocycles. The van der Waals surface area contributed by atoms with E-state index in [-0.39, 0.29) is 5.91 Å². The second-order valence-electron chi connectivity index (χ2n) is 3.15. The number of nitrogens with zero attached hydrogens (tertiary/aromatic N) is 1. The predicted molar refractivity (Wildman–Crippen MR) is 58.4 cm³/mol. The number of carbonyl (C=O) groups is 1. The van der Waals surface area contributed by atoms with Crippen molar-refractivity contribution < 1.29 is 4.79 Å². The minimum absolute atomic E-state index is 0.0875. The normalized spacial score (nSPS) is 23.8. The Morgan fingerprint density at radius 3 is 3.08 bits per heavy atom. The maximum absolute atomic E-state index is 11.2. The molecule has 12 heavy (non-hydrogen) atoms. The average molecular weight is 279 g/mol. The van der Waals surface area contributed by atoms with E-state index in [9.17, 15) is 4.79 Å². The van der Waals surface area contributed by atoms with Crippen molar-refractivity contribution in [1.29, 1.82) is 0 Å². The van der Waals surface area contributed by atoms with Crippen LogP contribution in [0.25, 0.3) is 0 Å². The summed E-state index contributed by atoms with van der Waals surface area (Å²) in [6, 6.07) is 0. The summed E-state index contributed by atoms with van der Waals surface area (Å²) in [5, 5.41) is 0. The first-order chi connectivity index (χ1) is 5.77. The molecular weight excluding hydrogens is 265 g/mol. The Labute approximate surface area is 87.1 Å². The maximum Gasteiger partial charge on any atom is 0.245 e. The van der Waals surface area contributed by atoms with Gasteiger partial charge in [-0.25, -0.2) is 0 Å². The van der Waals surface area contributed by atoms with Crippen LogP contribution in [0.4, 0.5) is 0 Å². The molecule has 2 nitrogen and oxygen atoms in total. The molecule has 0 aliphatic carbocycles. The summed E-state index contributed by atoms with van der Waals surface area (Å²) < 4.78 is 1.15. The minimum atomic E-state index is 0.0875. The van der Waals surface area contributed by atoms with Crippen LogP contribution in [0.3, 0.4) is 0 Å². The van der Waals surface area contributed by atoms with Crippen molar-refractivity contribution in [3.05, 3.63) is 12.7 Å². The third kappa shape index (κ3) is 2.47. The van der Waals surface area contributed by atoms with Gasteiger partial charge in [-0.1, -0.05) is 29.2 Å². The van der Waals surface area contributed by atoms with Crippen LogP contribution >= 0.6 is 22.6 Å². The first-order valence-corrected chi connectivity index (χ1v) is 5.77. The van der Waals surface area contributed by atoms with Gasteiger partial charge in [-0.05, 0) is 24.8 Å². The maximum atomic E-state index is 11.2. The number of alkyl halides is 1. The van der Waals surface area contributed by atoms with Crippen LogP contribution in [0, 0.1) is 5.92 Å². The van der Waals surface area contributed by atoms with Crippen molar-refractivity contribution in [2.45, 2.75) is 12.8 Å². The average Bonchev–Trinajstić information content (AvgIpc) is 2.17. The summed E-state index contributed by atoms with van der Waals surface area (Å²) in [4.78, 5) is 13.1. The highest BCUT2D eigenvalue weighted by Gasteiger charge is 2.20. The van der Waals surface area contributed by atoms with Gasteiger partial charge in [-0.2, -0.15) is 0 Å². The molecule has 0 aromatic carbocycles. The molecule has 1 rings (SSSR count). The fourth-order valence-corrected chi connectivity index (χ4v) is 2.24. The Bertz CT molecular complexity index is 181. The quantitative estimate of drug-likeness (QED) is 0.429. The van der Waals surface area contributed by atoms with Gasteiger partial charge in [0.2, 0.25) is 5.91 Å². The molecule has 0 saturated carbocycles. The van der Waals surface area contributed by atoms with E-state index in [1.165, 1.54) is 12.5 Å². The highest BCUT2D eigenvalue weighted by Crippen LogP contribution is 2.18. The number of hydrogen-bond acceptors (Lipinski definition) is 1. The van der Waals surface area contributed by atoms with Crippen molar-refractivity contribution in [1.82, 2.24) is 4.90 Å². The molecule has 0 radical (unpaired) electrons. The lowest BCUT2D eigenvalue weighted by atomic mass is 10.0. The highest BCUT2D eigenvalue weighted by molar-refractivity contribution is 14.1. The topological polar surface area (TPSA) is 20.3 Å². The molecule has 1 atom stereocenters. The number of carbonyl (C=O) groups excluding carboxylic acids is 1. The lowest BCUT2D eigenvalue weighted by Gasteiger charge is -2.31. The molecule has 1 unspecified atom stereocenters. The summed E-state index contributed by atoms with van der Waals surface area (Å²) in [6.07, 6.45) is 3.83. The number of rotatable bonds is 2. The second-order valence-corrected chi connectivity index (χ2v) is 4.03. The Morgan fingerprint density at radius 2 is 2.50 bits per heavy atom. The largest absolute Gasteiger partial charge is 0.339 e. The van der Waals surface area contributed by atoms with Crippen LogP contribution in [0.1, 0.15) is 12.8 Å². The molecule has 1 amide bonds. The van der Waals surface area contributed by atoms with Crippen molar-refractivity contribution in [3.63, 3.8) is 0 Å². The van der Waals surface area contributed by atoms with Gasteiger partial charge in [0.15, 0.2) is 0 Å². The molecule has 0 spiro atoms. The summed E-state index contributed by atoms with van der Waals surface area (Å²) in [7, 11) is 0. The van der Waals surface area contributed by atoms with E-state index in [0.717, 1.165) is 23.9 Å². The Balaban J connectivity index is 2.45. The van der Waals surface area contributed by atoms with E-state index in [2.05, 4.69) is 29.2 Å². The van der Waals surface area contributed by atoms with Crippen molar-refractivity contribution in [2.75, 3.05) is 17.5 Å². The van der Waals surface area contributed by atoms with Gasteiger partial charge in [-0.3, -0.25) is 4.79 Å². The monoisotopic (exact) mass is 279 g/mol. The molecule has 1 aliphatic heterocycles. The Morgan fingerprint density at radius 1 is 1.75 bits per heavy atom. The van der Waals surface area contributed by atoms with Gasteiger partial charge in [-0.15, -0.1) is 0 Å². The zero-order chi connectivity index (χ0) is 8.97. The van der Waals surface area contributed by atoms with Crippen molar-refractivity contribution in [3.8, 4) is 0 Å². The summed E-state index contributed by atoms with van der Waals surface area (Å²) in [6.45, 7) is 5.33. The van der Waals surface area contributed by atoms with Crippen LogP contribution in [-0.2, 0) is 4.79 Å². The summed E-state index contributed by atoms with van der Waals surface area (Å²) in [5.41, 5.74) is 0. The van der Waals surface area contributed by atoms with E-state index in [0.29, 0.717) is 5.92 Å². The van der Waals surface area contributed by atoms with E-state index in [4.69, 9.17) is 0 Å². The van der Waals surface area contributed by atoms with Crippen LogP contribution in [0.2, 0.25) is 0 Å². The van der Waals surface area contributed by atoms with Gasteiger partial charge < -0.3 is 4.90 Å². The fraction of sp³-hybridized carbons (Fsp3) is 0.667. The van der Waals surface area contributed by atoms with Gasteiger partial charge in [0.25, 0.3) is 0 Å². The minimum Gasteiger partial charge on any atom is -0.339 e. The van der Waals surface area contributed by atoms with Crippen LogP contribution in [-0.4, -0.2) is 28.3 Å². The Hall–Kier alpha value is -0.0600. The van der Waals surface area contributed by atoms with Crippen LogP contribution < -0.4 is 0 Å². The third-order valence-electron chi connectivity index (χ3n) is 2.22. The molecule has 0 bridgehead atoms. The summed E-state index contributed by atoms with van der Waals surface area (Å²) >= 11 is 2.39. The molecule has 1 saturated heterocycles. The molecule has 1 aliphatic rings. The lowest BCUT2D eigenvalue weighted by Crippen LogP contribution is -2.39. The molecule has 1 fully saturated rings. The van der Waals surface area contributed by atoms with Crippen molar-refractivity contribution >= 4 is 28.5 Å². The van der Waals surface area contributed by atoms with Crippen LogP contribution in [0.15, 0.2) is 12.7 Å². The number of halogens is 1.